The van der Waals surface area contributed by atoms with Crippen LogP contribution in [-0.4, -0.2) is 31.8 Å². The van der Waals surface area contributed by atoms with Gasteiger partial charge in [-0.3, -0.25) is 4.79 Å². The summed E-state index contributed by atoms with van der Waals surface area (Å²) >= 11 is 12.7. The quantitative estimate of drug-likeness (QED) is 0.474. The zero-order chi connectivity index (χ0) is 23.4. The topological polar surface area (TPSA) is 70.9 Å². The van der Waals surface area contributed by atoms with Crippen molar-refractivity contribution in [3.8, 4) is 11.5 Å². The summed E-state index contributed by atoms with van der Waals surface area (Å²) in [5, 5.41) is 3.91. The molecule has 2 atom stereocenters. The van der Waals surface area contributed by atoms with Crippen molar-refractivity contribution >= 4 is 29.2 Å². The number of carbonyl (C=O) groups is 1. The fourth-order valence-corrected chi connectivity index (χ4v) is 4.25. The minimum Gasteiger partial charge on any atom is -0.489 e. The van der Waals surface area contributed by atoms with Crippen LogP contribution < -0.4 is 19.8 Å². The fourth-order valence-electron chi connectivity index (χ4n) is 3.72. The maximum absolute atomic E-state index is 12.9. The number of benzene rings is 1. The number of rotatable bonds is 10. The second-order valence-corrected chi connectivity index (χ2v) is 9.06. The molecule has 1 aliphatic heterocycles. The van der Waals surface area contributed by atoms with Crippen LogP contribution in [0.5, 0.6) is 11.5 Å². The third kappa shape index (κ3) is 6.46. The minimum atomic E-state index is -2.99. The standard InChI is InChI=1S/C23H24Cl2F2N2O4/c24-16-10-28-11-17(25)15(16)9-20(32-22(30)18-2-1-7-29-18)14-5-6-19(33-23(26)27)21(8-14)31-12-13-3-4-13/h5-6,8,10-11,13,18,20,23,29H,1-4,7,9,12H2/p+1/t18-,20+/m0/s1. The summed E-state index contributed by atoms with van der Waals surface area (Å²) in [5.74, 6) is 0.134. The molecule has 0 amide bonds. The Morgan fingerprint density at radius 1 is 1.15 bits per heavy atom. The summed E-state index contributed by atoms with van der Waals surface area (Å²) in [4.78, 5) is 15.6. The molecule has 0 radical (unpaired) electrons. The number of H-pyrrole nitrogens is 1. The highest BCUT2D eigenvalue weighted by atomic mass is 35.5. The Kier molecular flexibility index (Phi) is 7.88. The van der Waals surface area contributed by atoms with Crippen molar-refractivity contribution in [3.05, 3.63) is 51.8 Å². The Morgan fingerprint density at radius 2 is 1.91 bits per heavy atom. The number of aromatic nitrogens is 1. The molecule has 1 aromatic carbocycles. The number of alkyl halides is 2. The van der Waals surface area contributed by atoms with Crippen molar-refractivity contribution in [1.82, 2.24) is 5.32 Å². The normalized spacial score (nSPS) is 18.9. The van der Waals surface area contributed by atoms with E-state index >= 15 is 0 Å². The highest BCUT2D eigenvalue weighted by Gasteiger charge is 2.29. The van der Waals surface area contributed by atoms with E-state index in [1.165, 1.54) is 6.07 Å². The van der Waals surface area contributed by atoms with Gasteiger partial charge in [0.25, 0.3) is 0 Å². The summed E-state index contributed by atoms with van der Waals surface area (Å²) in [6.07, 6.45) is 6.26. The number of nitrogens with one attached hydrogen (secondary N) is 2. The lowest BCUT2D eigenvalue weighted by Crippen LogP contribution is -2.33. The zero-order valence-corrected chi connectivity index (χ0v) is 19.3. The molecule has 2 aromatic rings. The molecule has 178 valence electrons. The Bertz CT molecular complexity index is 965. The van der Waals surface area contributed by atoms with Crippen LogP contribution in [0.4, 0.5) is 8.78 Å². The van der Waals surface area contributed by atoms with E-state index in [1.54, 1.807) is 24.5 Å². The van der Waals surface area contributed by atoms with Crippen molar-refractivity contribution in [2.75, 3.05) is 13.2 Å². The molecule has 0 spiro atoms. The molecule has 2 N–H and O–H groups in total. The highest BCUT2D eigenvalue weighted by molar-refractivity contribution is 6.35. The number of halogens is 4. The molecule has 6 nitrogen and oxygen atoms in total. The number of aromatic amines is 1. The number of carbonyl (C=O) groups excluding carboxylic acids is 1. The molecular weight excluding hydrogens is 477 g/mol. The van der Waals surface area contributed by atoms with E-state index in [-0.39, 0.29) is 23.9 Å². The van der Waals surface area contributed by atoms with Gasteiger partial charge in [0.1, 0.15) is 22.2 Å². The molecule has 4 rings (SSSR count). The van der Waals surface area contributed by atoms with E-state index in [4.69, 9.17) is 32.7 Å². The van der Waals surface area contributed by atoms with Crippen molar-refractivity contribution in [2.24, 2.45) is 5.92 Å². The maximum Gasteiger partial charge on any atom is 0.387 e. The van der Waals surface area contributed by atoms with Crippen LogP contribution in [0.2, 0.25) is 10.0 Å². The van der Waals surface area contributed by atoms with Gasteiger partial charge in [-0.1, -0.05) is 29.3 Å². The number of hydrogen-bond acceptors (Lipinski definition) is 5. The molecule has 2 aliphatic rings. The van der Waals surface area contributed by atoms with Gasteiger partial charge in [-0.25, -0.2) is 4.98 Å². The number of pyridine rings is 1. The highest BCUT2D eigenvalue weighted by Crippen LogP contribution is 2.37. The van der Waals surface area contributed by atoms with E-state index in [2.05, 4.69) is 15.0 Å². The van der Waals surface area contributed by atoms with E-state index in [0.717, 1.165) is 25.8 Å². The van der Waals surface area contributed by atoms with E-state index in [0.29, 0.717) is 40.1 Å². The summed E-state index contributed by atoms with van der Waals surface area (Å²) in [7, 11) is 0. The lowest BCUT2D eigenvalue weighted by atomic mass is 10.0. The molecule has 2 heterocycles. The predicted molar refractivity (Wildman–Crippen MR) is 118 cm³/mol. The number of ether oxygens (including phenoxy) is 3. The zero-order valence-electron chi connectivity index (χ0n) is 17.8. The van der Waals surface area contributed by atoms with Crippen LogP contribution in [0.1, 0.15) is 42.9 Å². The average molecular weight is 502 g/mol. The second-order valence-electron chi connectivity index (χ2n) is 8.25. The first-order valence-corrected chi connectivity index (χ1v) is 11.7. The summed E-state index contributed by atoms with van der Waals surface area (Å²) < 4.78 is 42.1. The molecule has 1 saturated carbocycles. The second kappa shape index (κ2) is 10.8. The monoisotopic (exact) mass is 501 g/mol. The van der Waals surface area contributed by atoms with Crippen LogP contribution in [-0.2, 0) is 16.0 Å². The maximum atomic E-state index is 12.9. The van der Waals surface area contributed by atoms with Gasteiger partial charge >= 0.3 is 12.6 Å². The van der Waals surface area contributed by atoms with Crippen LogP contribution in [0, 0.1) is 5.92 Å². The van der Waals surface area contributed by atoms with Gasteiger partial charge in [0.05, 0.1) is 6.61 Å². The first-order chi connectivity index (χ1) is 15.9. The van der Waals surface area contributed by atoms with Gasteiger partial charge < -0.3 is 19.5 Å². The molecule has 10 heteroatoms. The first-order valence-electron chi connectivity index (χ1n) is 10.9. The van der Waals surface area contributed by atoms with Gasteiger partial charge in [0.15, 0.2) is 23.9 Å². The first kappa shape index (κ1) is 24.0. The number of hydrogen-bond donors (Lipinski definition) is 1. The van der Waals surface area contributed by atoms with Crippen LogP contribution >= 0.6 is 23.2 Å². The van der Waals surface area contributed by atoms with Gasteiger partial charge in [0, 0.05) is 12.0 Å². The van der Waals surface area contributed by atoms with Crippen molar-refractivity contribution in [3.63, 3.8) is 0 Å². The van der Waals surface area contributed by atoms with Gasteiger partial charge in [0.2, 0.25) is 0 Å². The van der Waals surface area contributed by atoms with Gasteiger partial charge in [-0.2, -0.15) is 8.78 Å². The summed E-state index contributed by atoms with van der Waals surface area (Å²) in [5.41, 5.74) is 1.16. The largest absolute Gasteiger partial charge is 0.489 e. The Morgan fingerprint density at radius 3 is 2.55 bits per heavy atom. The number of esters is 1. The average Bonchev–Trinajstić information content (AvgIpc) is 3.44. The molecule has 2 fully saturated rings. The van der Waals surface area contributed by atoms with Crippen molar-refractivity contribution in [1.29, 1.82) is 0 Å². The van der Waals surface area contributed by atoms with Crippen LogP contribution in [0.15, 0.2) is 30.6 Å². The Balaban J connectivity index is 1.63. The smallest absolute Gasteiger partial charge is 0.387 e. The van der Waals surface area contributed by atoms with Crippen molar-refractivity contribution < 1.29 is 32.8 Å². The molecular formula is C23H25Cl2F2N2O4+. The third-order valence-corrected chi connectivity index (χ3v) is 6.39. The lowest BCUT2D eigenvalue weighted by molar-refractivity contribution is -0.377. The summed E-state index contributed by atoms with van der Waals surface area (Å²) in [6.45, 7) is -1.83. The van der Waals surface area contributed by atoms with Gasteiger partial charge in [-0.05, 0) is 55.8 Å². The molecule has 33 heavy (non-hydrogen) atoms. The van der Waals surface area contributed by atoms with Crippen LogP contribution in [0.25, 0.3) is 0 Å². The Hall–Kier alpha value is -2.16. The third-order valence-electron chi connectivity index (χ3n) is 5.72. The predicted octanol–water partition coefficient (Wildman–Crippen LogP) is 4.78. The van der Waals surface area contributed by atoms with E-state index < -0.39 is 18.8 Å². The molecule has 1 saturated heterocycles. The van der Waals surface area contributed by atoms with E-state index in [9.17, 15) is 13.6 Å². The summed E-state index contributed by atoms with van der Waals surface area (Å²) in [6, 6.07) is 4.17. The molecule has 1 aliphatic carbocycles. The lowest BCUT2D eigenvalue weighted by Gasteiger charge is -2.22. The molecule has 1 aromatic heterocycles. The van der Waals surface area contributed by atoms with Crippen molar-refractivity contribution in [2.45, 2.75) is 50.9 Å². The Labute approximate surface area is 200 Å². The fraction of sp³-hybridized carbons (Fsp3) is 0.478. The SMILES string of the molecule is O=C(O[C@H](Cc1c(Cl)c[nH+]cc1Cl)c1ccc(OC(F)F)c(OCC2CC2)c1)[C@@H]1CCCN1. The molecule has 0 bridgehead atoms. The van der Waals surface area contributed by atoms with Gasteiger partial charge in [-0.15, -0.1) is 0 Å². The van der Waals surface area contributed by atoms with Crippen LogP contribution in [0.3, 0.4) is 0 Å². The minimum absolute atomic E-state index is 0.0673. The molecule has 0 unspecified atom stereocenters. The van der Waals surface area contributed by atoms with E-state index in [1.807, 2.05) is 0 Å².